The lowest BCUT2D eigenvalue weighted by Crippen LogP contribution is -2.54. The van der Waals surface area contributed by atoms with Crippen LogP contribution in [0.4, 0.5) is 0 Å². The topological polar surface area (TPSA) is 13.0 Å². The highest BCUT2D eigenvalue weighted by Crippen LogP contribution is 2.69. The molecule has 0 aliphatic rings. The van der Waals surface area contributed by atoms with Gasteiger partial charge >= 0.3 is 7.87 Å². The van der Waals surface area contributed by atoms with Crippen molar-refractivity contribution in [2.45, 2.75) is 146 Å². The molecule has 0 saturated heterocycles. The van der Waals surface area contributed by atoms with Gasteiger partial charge in [0.2, 0.25) is 0 Å². The molecule has 0 amide bonds. The molecule has 4 nitrogen and oxygen atoms in total. The summed E-state index contributed by atoms with van der Waals surface area (Å²) in [5, 5.41) is 0. The minimum absolute atomic E-state index is 0.424. The van der Waals surface area contributed by atoms with Crippen molar-refractivity contribution in [2.24, 2.45) is 16.7 Å². The van der Waals surface area contributed by atoms with E-state index in [1.807, 2.05) is 0 Å². The lowest BCUT2D eigenvalue weighted by atomic mass is 9.85. The third-order valence-electron chi connectivity index (χ3n) is 7.82. The smallest absolute Gasteiger partial charge is 0.136 e. The van der Waals surface area contributed by atoms with Crippen molar-refractivity contribution >= 4 is 7.87 Å². The largest absolute Gasteiger partial charge is 0.308 e. The van der Waals surface area contributed by atoms with Gasteiger partial charge in [0.1, 0.15) is 0 Å². The summed E-state index contributed by atoms with van der Waals surface area (Å²) in [6, 6.07) is 1.46. The lowest BCUT2D eigenvalue weighted by molar-refractivity contribution is 0.222. The van der Waals surface area contributed by atoms with Gasteiger partial charge in [-0.1, -0.05) is 60.8 Å². The monoisotopic (exact) mass is 516 g/mol. The SMILES string of the molecule is CC(C)N(C)[P+](N(C)CC(CCCCC(C)(C)C)CCCC(C)(C)C)(N(C)C(C)C)N(C)C(C)C. The molecule has 0 aromatic carbocycles. The Balaban J connectivity index is 6.03. The van der Waals surface area contributed by atoms with Crippen LogP contribution in [0.2, 0.25) is 0 Å². The molecule has 0 bridgehead atoms. The second-order valence-corrected chi connectivity index (χ2v) is 18.2. The van der Waals surface area contributed by atoms with Gasteiger partial charge in [-0.3, -0.25) is 0 Å². The summed E-state index contributed by atoms with van der Waals surface area (Å²) in [6.45, 7) is 29.6. The van der Waals surface area contributed by atoms with Crippen LogP contribution in [-0.2, 0) is 0 Å². The van der Waals surface area contributed by atoms with E-state index >= 15 is 0 Å². The van der Waals surface area contributed by atoms with Crippen molar-refractivity contribution in [1.29, 1.82) is 0 Å². The van der Waals surface area contributed by atoms with Crippen LogP contribution in [0.25, 0.3) is 0 Å². The zero-order chi connectivity index (χ0) is 27.8. The number of unbranched alkanes of at least 4 members (excludes halogenated alkanes) is 1. The molecule has 1 atom stereocenters. The maximum atomic E-state index is 2.79. The summed E-state index contributed by atoms with van der Waals surface area (Å²) in [4.78, 5) is 0. The zero-order valence-electron chi connectivity index (χ0n) is 27.2. The molecule has 0 fully saturated rings. The van der Waals surface area contributed by atoms with Gasteiger partial charge in [-0.15, -0.1) is 18.7 Å². The van der Waals surface area contributed by atoms with Crippen molar-refractivity contribution in [1.82, 2.24) is 18.7 Å². The van der Waals surface area contributed by atoms with Gasteiger partial charge in [0, 0.05) is 52.9 Å². The summed E-state index contributed by atoms with van der Waals surface area (Å²) < 4.78 is 10.9. The highest BCUT2D eigenvalue weighted by Gasteiger charge is 2.59. The van der Waals surface area contributed by atoms with Crippen LogP contribution >= 0.6 is 7.87 Å². The third-order valence-corrected chi connectivity index (χ3v) is 12.8. The van der Waals surface area contributed by atoms with Crippen molar-refractivity contribution in [3.05, 3.63) is 0 Å². The van der Waals surface area contributed by atoms with E-state index in [4.69, 9.17) is 0 Å². The van der Waals surface area contributed by atoms with Gasteiger partial charge in [0.25, 0.3) is 0 Å². The van der Waals surface area contributed by atoms with Crippen LogP contribution < -0.4 is 0 Å². The molecule has 35 heavy (non-hydrogen) atoms. The van der Waals surface area contributed by atoms with Crippen LogP contribution in [0.15, 0.2) is 0 Å². The van der Waals surface area contributed by atoms with E-state index in [0.717, 1.165) is 5.92 Å². The summed E-state index contributed by atoms with van der Waals surface area (Å²) in [5.41, 5.74) is 0.867. The molecular weight excluding hydrogens is 447 g/mol. The fraction of sp³-hybridized carbons (Fsp3) is 1.00. The van der Waals surface area contributed by atoms with Crippen molar-refractivity contribution < 1.29 is 0 Å². The molecule has 0 aliphatic heterocycles. The number of rotatable bonds is 16. The molecule has 0 rings (SSSR count). The quantitative estimate of drug-likeness (QED) is 0.150. The van der Waals surface area contributed by atoms with Gasteiger partial charge < -0.3 is 0 Å². The van der Waals surface area contributed by atoms with Crippen molar-refractivity contribution in [2.75, 3.05) is 34.7 Å². The van der Waals surface area contributed by atoms with E-state index in [1.54, 1.807) is 0 Å². The van der Waals surface area contributed by atoms with E-state index < -0.39 is 7.87 Å². The fourth-order valence-corrected chi connectivity index (χ4v) is 10.2. The number of nitrogens with zero attached hydrogens (tertiary/aromatic N) is 4. The van der Waals surface area contributed by atoms with Crippen LogP contribution in [0, 0.1) is 16.7 Å². The Morgan fingerprint density at radius 2 is 0.886 bits per heavy atom. The van der Waals surface area contributed by atoms with Crippen molar-refractivity contribution in [3.63, 3.8) is 0 Å². The van der Waals surface area contributed by atoms with E-state index in [0.29, 0.717) is 29.0 Å². The first-order chi connectivity index (χ1) is 15.8. The molecule has 0 radical (unpaired) electrons. The molecule has 0 spiro atoms. The predicted molar refractivity (Wildman–Crippen MR) is 163 cm³/mol. The van der Waals surface area contributed by atoms with Crippen LogP contribution in [0.5, 0.6) is 0 Å². The lowest BCUT2D eigenvalue weighted by Gasteiger charge is -2.51. The zero-order valence-corrected chi connectivity index (χ0v) is 28.1. The number of hydrogen-bond donors (Lipinski definition) is 0. The first kappa shape index (κ1) is 35.3. The van der Waals surface area contributed by atoms with Crippen molar-refractivity contribution in [3.8, 4) is 0 Å². The van der Waals surface area contributed by atoms with Gasteiger partial charge in [-0.05, 0) is 84.0 Å². The first-order valence-electron chi connectivity index (χ1n) is 14.6. The maximum absolute atomic E-state index is 2.79. The van der Waals surface area contributed by atoms with Crippen LogP contribution in [0.3, 0.4) is 0 Å². The Bertz CT molecular complexity index is 526. The Labute approximate surface area is 224 Å². The minimum Gasteiger partial charge on any atom is -0.136 e. The highest BCUT2D eigenvalue weighted by molar-refractivity contribution is 7.66. The molecule has 5 heteroatoms. The molecule has 0 aromatic heterocycles. The fourth-order valence-electron chi connectivity index (χ4n) is 5.14. The Morgan fingerprint density at radius 3 is 1.23 bits per heavy atom. The second-order valence-electron chi connectivity index (χ2n) is 14.5. The highest BCUT2D eigenvalue weighted by atomic mass is 31.2. The third kappa shape index (κ3) is 11.7. The Morgan fingerprint density at radius 1 is 0.543 bits per heavy atom. The van der Waals surface area contributed by atoms with Gasteiger partial charge in [0.05, 0.1) is 0 Å². The van der Waals surface area contributed by atoms with Gasteiger partial charge in [-0.25, -0.2) is 0 Å². The van der Waals surface area contributed by atoms with Gasteiger partial charge in [0.15, 0.2) is 0 Å². The molecule has 0 heterocycles. The molecular formula is C30H68N4P+. The molecule has 1 unspecified atom stereocenters. The molecule has 0 aromatic rings. The summed E-state index contributed by atoms with van der Waals surface area (Å²) in [6.07, 6.45) is 9.40. The normalized spacial score (nSPS) is 15.2. The van der Waals surface area contributed by atoms with E-state index in [-0.39, 0.29) is 0 Å². The van der Waals surface area contributed by atoms with E-state index in [9.17, 15) is 0 Å². The molecule has 0 aliphatic carbocycles. The second kappa shape index (κ2) is 15.0. The predicted octanol–water partition coefficient (Wildman–Crippen LogP) is 9.06. The standard InChI is InChI=1S/C30H68N4P/c1-25(2)32(14)35(33(15)26(3)4,34(16)27(5)6)31(13)24-28(21-19-23-30(10,11)12)20-17-18-22-29(7,8)9/h25-28H,17-24H2,1-16H3/q+1. The van der Waals surface area contributed by atoms with E-state index in [1.165, 1.54) is 51.5 Å². The molecule has 212 valence electrons. The van der Waals surface area contributed by atoms with Gasteiger partial charge in [-0.2, -0.15) is 0 Å². The van der Waals surface area contributed by atoms with Crippen LogP contribution in [0.1, 0.15) is 128 Å². The number of hydrogen-bond acceptors (Lipinski definition) is 4. The summed E-state index contributed by atoms with van der Waals surface area (Å²) in [5.74, 6) is 0.753. The average molecular weight is 516 g/mol. The Kier molecular flexibility index (Phi) is 15.1. The average Bonchev–Trinajstić information content (AvgIpc) is 2.69. The summed E-state index contributed by atoms with van der Waals surface area (Å²) >= 11 is 0. The van der Waals surface area contributed by atoms with E-state index in [2.05, 4.69) is 130 Å². The molecule has 0 saturated carbocycles. The first-order valence-corrected chi connectivity index (χ1v) is 16.2. The minimum atomic E-state index is -1.88. The summed E-state index contributed by atoms with van der Waals surface area (Å²) in [7, 11) is 7.64. The van der Waals surface area contributed by atoms with Crippen LogP contribution in [-0.4, -0.2) is 71.5 Å². The maximum Gasteiger partial charge on any atom is 0.308 e. The molecule has 0 N–H and O–H groups in total. The Hall–Kier alpha value is 0.270.